The Labute approximate surface area is 223 Å². The summed E-state index contributed by atoms with van der Waals surface area (Å²) in [6.07, 6.45) is 3.49. The number of nitrogens with one attached hydrogen (secondary N) is 1. The van der Waals surface area contributed by atoms with E-state index >= 15 is 0 Å². The van der Waals surface area contributed by atoms with Crippen LogP contribution in [0.2, 0.25) is 0 Å². The van der Waals surface area contributed by atoms with Gasteiger partial charge in [0.15, 0.2) is 11.6 Å². The van der Waals surface area contributed by atoms with Gasteiger partial charge in [-0.2, -0.15) is 5.26 Å². The van der Waals surface area contributed by atoms with Gasteiger partial charge in [-0.05, 0) is 68.1 Å². The topological polar surface area (TPSA) is 75.5 Å². The average Bonchev–Trinajstić information content (AvgIpc) is 2.95. The Morgan fingerprint density at radius 2 is 1.71 bits per heavy atom. The van der Waals surface area contributed by atoms with Crippen molar-refractivity contribution in [2.75, 3.05) is 54.4 Å². The maximum atomic E-state index is 14.2. The number of hydrogen-bond donors (Lipinski definition) is 1. The lowest BCUT2D eigenvalue weighted by Gasteiger charge is -2.36. The highest BCUT2D eigenvalue weighted by Gasteiger charge is 2.26. The second-order valence-electron chi connectivity index (χ2n) is 10.1. The molecule has 1 amide bonds. The Bertz CT molecular complexity index is 1350. The van der Waals surface area contributed by atoms with Crippen LogP contribution in [0, 0.1) is 31.0 Å². The summed E-state index contributed by atoms with van der Waals surface area (Å²) in [6, 6.07) is 17.4. The third-order valence-electron chi connectivity index (χ3n) is 7.63. The fourth-order valence-electron chi connectivity index (χ4n) is 5.47. The van der Waals surface area contributed by atoms with E-state index in [1.807, 2.05) is 47.1 Å². The summed E-state index contributed by atoms with van der Waals surface area (Å²) < 4.78 is 14.2. The lowest BCUT2D eigenvalue weighted by molar-refractivity contribution is 0.0745. The summed E-state index contributed by atoms with van der Waals surface area (Å²) in [7, 11) is 0. The number of piperazine rings is 1. The van der Waals surface area contributed by atoms with Crippen molar-refractivity contribution >= 4 is 23.1 Å². The first-order valence-electron chi connectivity index (χ1n) is 13.2. The van der Waals surface area contributed by atoms with E-state index < -0.39 is 0 Å². The maximum absolute atomic E-state index is 14.2. The van der Waals surface area contributed by atoms with Crippen LogP contribution in [-0.2, 0) is 0 Å². The summed E-state index contributed by atoms with van der Waals surface area (Å²) >= 11 is 0. The number of para-hydroxylation sites is 1. The molecule has 5 rings (SSSR count). The fourth-order valence-corrected chi connectivity index (χ4v) is 5.47. The molecule has 8 heteroatoms. The largest absolute Gasteiger partial charge is 0.382 e. The maximum Gasteiger partial charge on any atom is 0.254 e. The van der Waals surface area contributed by atoms with Crippen molar-refractivity contribution in [2.24, 2.45) is 0 Å². The molecular weight excluding hydrogens is 479 g/mol. The van der Waals surface area contributed by atoms with Crippen LogP contribution in [0.25, 0.3) is 0 Å². The van der Waals surface area contributed by atoms with E-state index in [-0.39, 0.29) is 11.7 Å². The van der Waals surface area contributed by atoms with E-state index in [0.29, 0.717) is 49.2 Å². The molecule has 0 bridgehead atoms. The number of carbonyl (C=O) groups excluding carboxylic acids is 1. The highest BCUT2D eigenvalue weighted by molar-refractivity contribution is 5.97. The summed E-state index contributed by atoms with van der Waals surface area (Å²) in [5, 5.41) is 13.1. The number of amides is 1. The molecule has 0 unspecified atom stereocenters. The monoisotopic (exact) mass is 512 g/mol. The zero-order chi connectivity index (χ0) is 26.6. The molecule has 0 saturated carbocycles. The van der Waals surface area contributed by atoms with Crippen LogP contribution in [0.1, 0.15) is 39.9 Å². The molecule has 1 aromatic heterocycles. The van der Waals surface area contributed by atoms with E-state index in [9.17, 15) is 14.4 Å². The summed E-state index contributed by atoms with van der Waals surface area (Å²) in [5.41, 5.74) is 5.48. The second kappa shape index (κ2) is 11.1. The van der Waals surface area contributed by atoms with Crippen LogP contribution in [0.4, 0.5) is 21.6 Å². The Balaban J connectivity index is 1.23. The van der Waals surface area contributed by atoms with E-state index in [0.717, 1.165) is 48.4 Å². The van der Waals surface area contributed by atoms with Gasteiger partial charge in [0.25, 0.3) is 5.91 Å². The van der Waals surface area contributed by atoms with Gasteiger partial charge in [-0.25, -0.2) is 9.37 Å². The first-order valence-corrected chi connectivity index (χ1v) is 13.2. The minimum absolute atomic E-state index is 0.00891. The van der Waals surface area contributed by atoms with Crippen molar-refractivity contribution in [3.05, 3.63) is 82.8 Å². The van der Waals surface area contributed by atoms with E-state index in [1.165, 1.54) is 6.07 Å². The third-order valence-corrected chi connectivity index (χ3v) is 7.63. The highest BCUT2D eigenvalue weighted by atomic mass is 19.1. The average molecular weight is 513 g/mol. The van der Waals surface area contributed by atoms with Crippen molar-refractivity contribution in [2.45, 2.75) is 32.7 Å². The van der Waals surface area contributed by atoms with Gasteiger partial charge in [0.2, 0.25) is 0 Å². The summed E-state index contributed by atoms with van der Waals surface area (Å²) in [5.74, 6) is 0.0202. The fraction of sp³-hybridized carbons (Fsp3) is 0.367. The predicted molar refractivity (Wildman–Crippen MR) is 148 cm³/mol. The van der Waals surface area contributed by atoms with Gasteiger partial charge < -0.3 is 20.0 Å². The van der Waals surface area contributed by atoms with Gasteiger partial charge in [-0.1, -0.05) is 18.2 Å². The summed E-state index contributed by atoms with van der Waals surface area (Å²) in [4.78, 5) is 23.7. The molecule has 38 heavy (non-hydrogen) atoms. The Hall–Kier alpha value is -4.12. The lowest BCUT2D eigenvalue weighted by Crippen LogP contribution is -2.49. The van der Waals surface area contributed by atoms with Crippen molar-refractivity contribution in [3.8, 4) is 6.07 Å². The number of piperidine rings is 1. The number of hydrogen-bond acceptors (Lipinski definition) is 6. The molecule has 196 valence electrons. The third kappa shape index (κ3) is 5.28. The second-order valence-corrected chi connectivity index (χ2v) is 10.1. The Kier molecular flexibility index (Phi) is 7.45. The molecule has 2 saturated heterocycles. The van der Waals surface area contributed by atoms with Crippen LogP contribution in [0.15, 0.2) is 54.7 Å². The van der Waals surface area contributed by atoms with Gasteiger partial charge in [0.1, 0.15) is 6.07 Å². The molecule has 0 radical (unpaired) electrons. The minimum atomic E-state index is -0.336. The van der Waals surface area contributed by atoms with Crippen molar-refractivity contribution < 1.29 is 9.18 Å². The molecule has 2 aromatic carbocycles. The number of rotatable bonds is 5. The zero-order valence-corrected chi connectivity index (χ0v) is 22.0. The smallest absolute Gasteiger partial charge is 0.254 e. The molecule has 0 spiro atoms. The molecule has 7 nitrogen and oxygen atoms in total. The van der Waals surface area contributed by atoms with Gasteiger partial charge in [0.05, 0.1) is 11.3 Å². The Morgan fingerprint density at radius 1 is 0.974 bits per heavy atom. The van der Waals surface area contributed by atoms with Gasteiger partial charge in [-0.15, -0.1) is 0 Å². The predicted octanol–water partition coefficient (Wildman–Crippen LogP) is 4.75. The molecule has 0 aliphatic carbocycles. The molecular formula is C30H33FN6O. The quantitative estimate of drug-likeness (QED) is 0.532. The van der Waals surface area contributed by atoms with E-state index in [1.54, 1.807) is 12.3 Å². The van der Waals surface area contributed by atoms with E-state index in [4.69, 9.17) is 0 Å². The number of anilines is 3. The number of halogens is 1. The highest BCUT2D eigenvalue weighted by Crippen LogP contribution is 2.28. The number of benzene rings is 2. The first kappa shape index (κ1) is 25.5. The normalized spacial score (nSPS) is 16.3. The molecule has 2 fully saturated rings. The molecule has 2 aliphatic rings. The SMILES string of the molecule is Cc1cc(C)c(C(=O)N2CCN(c3ncccc3F)CC2)cc1NC1CCN(c2ccccc2C#N)CC1. The van der Waals surface area contributed by atoms with Crippen molar-refractivity contribution in [3.63, 3.8) is 0 Å². The van der Waals surface area contributed by atoms with Crippen LogP contribution < -0.4 is 15.1 Å². The first-order chi connectivity index (χ1) is 18.4. The van der Waals surface area contributed by atoms with Crippen LogP contribution in [-0.4, -0.2) is 61.1 Å². The number of pyridine rings is 1. The molecule has 0 atom stereocenters. The van der Waals surface area contributed by atoms with Crippen LogP contribution >= 0.6 is 0 Å². The Morgan fingerprint density at radius 3 is 2.42 bits per heavy atom. The lowest BCUT2D eigenvalue weighted by atomic mass is 9.99. The van der Waals surface area contributed by atoms with Gasteiger partial charge in [-0.3, -0.25) is 4.79 Å². The van der Waals surface area contributed by atoms with E-state index in [2.05, 4.69) is 34.3 Å². The van der Waals surface area contributed by atoms with Crippen LogP contribution in [0.3, 0.4) is 0 Å². The number of aromatic nitrogens is 1. The van der Waals surface area contributed by atoms with Gasteiger partial charge >= 0.3 is 0 Å². The molecule has 3 heterocycles. The number of carbonyl (C=O) groups is 1. The number of nitriles is 1. The standard InChI is InChI=1S/C30H33FN6O/c1-21-18-22(2)27(34-24-9-12-35(13-10-24)28-8-4-3-6-23(28)20-32)19-25(21)30(38)37-16-14-36(15-17-37)29-26(31)7-5-11-33-29/h3-8,11,18-19,24,34H,9-10,12-17H2,1-2H3. The zero-order valence-electron chi connectivity index (χ0n) is 22.0. The summed E-state index contributed by atoms with van der Waals surface area (Å²) in [6.45, 7) is 7.92. The number of aryl methyl sites for hydroxylation is 2. The van der Waals surface area contributed by atoms with Crippen LogP contribution in [0.5, 0.6) is 0 Å². The minimum Gasteiger partial charge on any atom is -0.382 e. The van der Waals surface area contributed by atoms with Crippen molar-refractivity contribution in [1.29, 1.82) is 5.26 Å². The van der Waals surface area contributed by atoms with Gasteiger partial charge in [0, 0.05) is 62.8 Å². The number of nitrogens with zero attached hydrogens (tertiary/aromatic N) is 5. The molecule has 2 aliphatic heterocycles. The van der Waals surface area contributed by atoms with Crippen molar-refractivity contribution in [1.82, 2.24) is 9.88 Å². The molecule has 3 aromatic rings. The molecule has 1 N–H and O–H groups in total.